The number of hydrogen-bond donors (Lipinski definition) is 1. The minimum Gasteiger partial charge on any atom is -1.00 e. The summed E-state index contributed by atoms with van der Waals surface area (Å²) < 4.78 is 59.9. The van der Waals surface area contributed by atoms with E-state index < -0.39 is 17.5 Å². The van der Waals surface area contributed by atoms with Crippen LogP contribution in [0.2, 0.25) is 0 Å². The molecule has 1 N–H and O–H groups in total. The summed E-state index contributed by atoms with van der Waals surface area (Å²) >= 11 is 0. The molecule has 60 heavy (non-hydrogen) atoms. The Morgan fingerprint density at radius 3 is 1.52 bits per heavy atom. The predicted molar refractivity (Wildman–Crippen MR) is 216 cm³/mol. The number of hydrogen-bond acceptors (Lipinski definition) is 11. The molecule has 3 aromatic carbocycles. The zero-order valence-corrected chi connectivity index (χ0v) is 43.2. The minimum atomic E-state index is -0.526. The molecule has 326 valence electrons. The molecule has 16 heteroatoms. The number of rotatable bonds is 21. The van der Waals surface area contributed by atoms with Crippen LogP contribution in [0, 0.1) is 23.4 Å². The molecule has 0 heterocycles. The molecule has 11 nitrogen and oxygen atoms in total. The van der Waals surface area contributed by atoms with Crippen molar-refractivity contribution in [1.82, 2.24) is 0 Å². The van der Waals surface area contributed by atoms with Crippen LogP contribution in [0.5, 0.6) is 17.2 Å². The van der Waals surface area contributed by atoms with Gasteiger partial charge in [0.2, 0.25) is 0 Å². The molecule has 3 rings (SSSR count). The van der Waals surface area contributed by atoms with Gasteiger partial charge in [-0.2, -0.15) is 0 Å². The molecule has 0 aromatic heterocycles. The van der Waals surface area contributed by atoms with Crippen molar-refractivity contribution in [3.63, 3.8) is 0 Å². The third-order valence-electron chi connectivity index (χ3n) is 8.17. The summed E-state index contributed by atoms with van der Waals surface area (Å²) in [6.07, 6.45) is 8.77. The largest absolute Gasteiger partial charge is 1.00 e. The van der Waals surface area contributed by atoms with E-state index in [-0.39, 0.29) is 151 Å². The van der Waals surface area contributed by atoms with E-state index in [4.69, 9.17) is 34.1 Å². The van der Waals surface area contributed by atoms with Crippen molar-refractivity contribution >= 4 is 23.8 Å². The summed E-state index contributed by atoms with van der Waals surface area (Å²) in [6.45, 7) is 10.1. The van der Waals surface area contributed by atoms with Gasteiger partial charge in [-0.1, -0.05) is 59.5 Å². The average Bonchev–Trinajstić information content (AvgIpc) is 3.24. The Morgan fingerprint density at radius 2 is 1.12 bits per heavy atom. The third-order valence-corrected chi connectivity index (χ3v) is 8.17. The van der Waals surface area contributed by atoms with Crippen LogP contribution in [0.1, 0.15) is 117 Å². The SMILES string of the molecule is C=C(CCCC)C(=O)c1ccc(OC)c(F)c1.CCCCC(COC)C(=O)c1ccc(OC)c(F)c1.CCCCCC(=O)c1ccc(OC)c(F)c1.CO.O=CO[O-].[H-].[K+].[K+]. The number of ketones is 3. The fourth-order valence-electron chi connectivity index (χ4n) is 5.03. The van der Waals surface area contributed by atoms with Gasteiger partial charge in [0.15, 0.2) is 52.0 Å². The number of unbranched alkanes of at least 4 members (excludes halogenated alkanes) is 4. The molecule has 0 amide bonds. The van der Waals surface area contributed by atoms with Gasteiger partial charge in [-0.25, -0.2) is 13.2 Å². The van der Waals surface area contributed by atoms with Crippen molar-refractivity contribution in [1.29, 1.82) is 0 Å². The van der Waals surface area contributed by atoms with Gasteiger partial charge in [-0.15, -0.1) is 0 Å². The van der Waals surface area contributed by atoms with Gasteiger partial charge in [0.1, 0.15) is 0 Å². The molecule has 0 bridgehead atoms. The maximum atomic E-state index is 13.6. The first-order valence-electron chi connectivity index (χ1n) is 18.8. The maximum absolute atomic E-state index is 13.6. The Bertz CT molecular complexity index is 1670. The Kier molecular flexibility index (Phi) is 44.6. The number of benzene rings is 3. The Hall–Kier alpha value is -1.78. The first-order chi connectivity index (χ1) is 27.8. The van der Waals surface area contributed by atoms with Crippen LogP contribution in [-0.2, 0) is 14.4 Å². The van der Waals surface area contributed by atoms with Crippen LogP contribution in [0.3, 0.4) is 0 Å². The van der Waals surface area contributed by atoms with Crippen LogP contribution >= 0.6 is 0 Å². The summed E-state index contributed by atoms with van der Waals surface area (Å²) in [5.74, 6) is -1.55. The predicted octanol–water partition coefficient (Wildman–Crippen LogP) is 2.99. The monoisotopic (exact) mass is 900 g/mol. The first kappa shape index (κ1) is 64.8. The molecular formula is C44H61F3K2O11. The van der Waals surface area contributed by atoms with Gasteiger partial charge in [0.05, 0.1) is 27.9 Å². The van der Waals surface area contributed by atoms with Crippen molar-refractivity contribution in [2.45, 2.75) is 85.0 Å². The normalized spacial score (nSPS) is 9.88. The van der Waals surface area contributed by atoms with E-state index in [1.807, 2.05) is 6.92 Å². The number of carbonyl (C=O) groups excluding carboxylic acids is 4. The second-order valence-corrected chi connectivity index (χ2v) is 12.3. The number of aliphatic hydroxyl groups is 1. The number of aliphatic hydroxyl groups excluding tert-OH is 1. The zero-order valence-electron chi connectivity index (χ0n) is 38.0. The number of Topliss-reactive ketones (excluding diaryl/α,β-unsaturated/α-hetero) is 3. The van der Waals surface area contributed by atoms with Crippen LogP contribution in [0.4, 0.5) is 13.2 Å². The molecule has 1 unspecified atom stereocenters. The number of carbonyl (C=O) groups is 4. The van der Waals surface area contributed by atoms with E-state index >= 15 is 0 Å². The first-order valence-corrected chi connectivity index (χ1v) is 18.8. The third kappa shape index (κ3) is 26.6. The number of halogens is 3. The quantitative estimate of drug-likeness (QED) is 0.0319. The molecule has 1 atom stereocenters. The van der Waals surface area contributed by atoms with E-state index in [9.17, 15) is 27.6 Å². The number of methoxy groups -OCH3 is 4. The average molecular weight is 901 g/mol. The standard InChI is InChI=1S/C15H21FO3.C14H17FO2.C13H17FO2.CH2O3.CH4O.2K.H/c1-4-5-6-12(10-18-2)15(17)11-7-8-14(19-3)13(16)9-11;1-4-5-6-10(2)14(16)11-7-8-13(17-3)12(15)9-11;1-3-4-5-6-12(15)10-7-8-13(16-2)11(14)9-10;2-1-4-3;1-2;;;/h7-9,12H,4-6,10H2,1-3H3;7-9H,2,4-6H2,1,3H3;7-9H,3-6H2,1-2H3;1,3H;2H,1H3;;;/q;;;;;2*+1;-1/p-1. The van der Waals surface area contributed by atoms with Crippen molar-refractivity contribution in [3.05, 3.63) is 101 Å². The summed E-state index contributed by atoms with van der Waals surface area (Å²) in [7, 11) is 6.76. The van der Waals surface area contributed by atoms with Gasteiger partial charge >= 0.3 is 103 Å². The summed E-state index contributed by atoms with van der Waals surface area (Å²) in [5.41, 5.74) is 1.65. The molecule has 0 saturated heterocycles. The molecule has 0 aliphatic heterocycles. The molecule has 3 aromatic rings. The summed E-state index contributed by atoms with van der Waals surface area (Å²) in [4.78, 5) is 47.1. The van der Waals surface area contributed by atoms with Crippen molar-refractivity contribution in [3.8, 4) is 17.2 Å². The van der Waals surface area contributed by atoms with Gasteiger partial charge in [0, 0.05) is 43.2 Å². The van der Waals surface area contributed by atoms with E-state index in [0.717, 1.165) is 58.5 Å². The molecule has 0 fully saturated rings. The van der Waals surface area contributed by atoms with Gasteiger partial charge < -0.3 is 35.6 Å². The van der Waals surface area contributed by atoms with Crippen molar-refractivity contribution in [2.75, 3.05) is 42.2 Å². The van der Waals surface area contributed by atoms with Gasteiger partial charge in [-0.05, 0) is 85.9 Å². The van der Waals surface area contributed by atoms with Gasteiger partial charge in [0.25, 0.3) is 6.47 Å². The number of ether oxygens (including phenoxy) is 4. The van der Waals surface area contributed by atoms with Gasteiger partial charge in [-0.3, -0.25) is 19.2 Å². The smallest absolute Gasteiger partial charge is 1.00 e. The minimum absolute atomic E-state index is 0. The second kappa shape index (κ2) is 41.2. The van der Waals surface area contributed by atoms with E-state index in [0.29, 0.717) is 41.7 Å². The van der Waals surface area contributed by atoms with Crippen molar-refractivity contribution < 1.29 is 171 Å². The molecule has 0 radical (unpaired) electrons. The van der Waals surface area contributed by atoms with E-state index in [1.54, 1.807) is 25.3 Å². The fraction of sp³-hybridized carbons (Fsp3) is 0.455. The van der Waals surface area contributed by atoms with Crippen LogP contribution in [-0.4, -0.2) is 71.1 Å². The fourth-order valence-corrected chi connectivity index (χ4v) is 5.03. The zero-order chi connectivity index (χ0) is 44.5. The van der Waals surface area contributed by atoms with Crippen molar-refractivity contribution in [2.24, 2.45) is 5.92 Å². The van der Waals surface area contributed by atoms with Crippen LogP contribution < -0.4 is 122 Å². The molecule has 0 spiro atoms. The number of allylic oxidation sites excluding steroid dienone is 1. The second-order valence-electron chi connectivity index (χ2n) is 12.3. The van der Waals surface area contributed by atoms with Crippen LogP contribution in [0.15, 0.2) is 66.7 Å². The van der Waals surface area contributed by atoms with Crippen LogP contribution in [0.25, 0.3) is 0 Å². The molecule has 0 saturated carbocycles. The Balaban J connectivity index is -0.000000236. The summed E-state index contributed by atoms with van der Waals surface area (Å²) in [5, 5.41) is 15.4. The summed E-state index contributed by atoms with van der Waals surface area (Å²) in [6, 6.07) is 12.8. The van der Waals surface area contributed by atoms with E-state index in [1.165, 1.54) is 57.7 Å². The molecule has 0 aliphatic carbocycles. The maximum Gasteiger partial charge on any atom is 1.00 e. The topological polar surface area (TPSA) is 158 Å². The molecular weight excluding hydrogens is 840 g/mol. The Morgan fingerprint density at radius 1 is 0.700 bits per heavy atom. The molecule has 0 aliphatic rings. The Labute approximate surface area is 440 Å². The van der Waals surface area contributed by atoms with E-state index in [2.05, 4.69) is 25.3 Å².